The molecular weight excluding hydrogens is 1040 g/mol. The number of likely N-dealkylation sites (N-methyl/N-ethyl adjacent to an activating group) is 1. The number of carbonyl (C=O) groups is 1. The summed E-state index contributed by atoms with van der Waals surface area (Å²) in [5.41, 5.74) is 0. The van der Waals surface area contributed by atoms with E-state index in [1.165, 1.54) is 180 Å². The van der Waals surface area contributed by atoms with Crippen LogP contribution in [0.4, 0.5) is 0 Å². The Labute approximate surface area is 514 Å². The fraction of sp³-hybridized carbons (Fsp3) is 0.716. The second kappa shape index (κ2) is 63.4. The number of allylic oxidation sites excluding steroid dienone is 19. The van der Waals surface area contributed by atoms with Gasteiger partial charge in [0.1, 0.15) is 13.2 Å². The summed E-state index contributed by atoms with van der Waals surface area (Å²) >= 11 is 0. The number of aliphatic hydroxyl groups excluding tert-OH is 1. The first-order chi connectivity index (χ1) is 40.5. The van der Waals surface area contributed by atoms with Crippen molar-refractivity contribution in [1.29, 1.82) is 0 Å². The summed E-state index contributed by atoms with van der Waals surface area (Å²) < 4.78 is 23.4. The van der Waals surface area contributed by atoms with Gasteiger partial charge in [-0.3, -0.25) is 9.36 Å². The van der Waals surface area contributed by atoms with Gasteiger partial charge in [0.25, 0.3) is 7.82 Å². The summed E-state index contributed by atoms with van der Waals surface area (Å²) in [6.45, 7) is 4.52. The zero-order valence-corrected chi connectivity index (χ0v) is 55.5. The molecule has 478 valence electrons. The summed E-state index contributed by atoms with van der Waals surface area (Å²) in [6, 6.07) is -0.917. The first-order valence-corrected chi connectivity index (χ1v) is 35.9. The molecule has 0 fully saturated rings. The topological polar surface area (TPSA) is 108 Å². The van der Waals surface area contributed by atoms with Crippen LogP contribution in [0.1, 0.15) is 290 Å². The van der Waals surface area contributed by atoms with Crippen LogP contribution in [0.2, 0.25) is 0 Å². The average molecular weight is 1180 g/mol. The highest BCUT2D eigenvalue weighted by Crippen LogP contribution is 2.38. The van der Waals surface area contributed by atoms with Crippen molar-refractivity contribution >= 4 is 13.7 Å². The molecule has 0 heterocycles. The lowest BCUT2D eigenvalue weighted by Gasteiger charge is -2.29. The molecule has 0 bridgehead atoms. The van der Waals surface area contributed by atoms with E-state index in [9.17, 15) is 19.4 Å². The summed E-state index contributed by atoms with van der Waals surface area (Å²) in [6.07, 6.45) is 94.6. The van der Waals surface area contributed by atoms with E-state index in [1.807, 2.05) is 27.2 Å². The molecule has 8 nitrogen and oxygen atoms in total. The molecular formula is C74H131N2O6P. The first kappa shape index (κ1) is 79.9. The van der Waals surface area contributed by atoms with Crippen LogP contribution in [-0.2, 0) is 18.4 Å². The van der Waals surface area contributed by atoms with Gasteiger partial charge in [0.15, 0.2) is 0 Å². The number of carbonyl (C=O) groups excluding carboxylic acids is 1. The molecule has 0 saturated carbocycles. The molecule has 3 atom stereocenters. The van der Waals surface area contributed by atoms with E-state index < -0.39 is 26.6 Å². The maximum atomic E-state index is 13.0. The maximum Gasteiger partial charge on any atom is 0.268 e. The predicted octanol–water partition coefficient (Wildman–Crippen LogP) is 21.4. The van der Waals surface area contributed by atoms with Crippen LogP contribution < -0.4 is 10.2 Å². The number of nitrogens with one attached hydrogen (secondary N) is 1. The number of aliphatic hydroxyl groups is 1. The SMILES string of the molecule is CC/C=C\C/C=C\C/C=C\C/C=C\C/C=C\C/C=C\C/C=C\CCCCCCCCCCCCCCCCCCCC(=O)NC(COP(=O)([O-])OCC[N+](C)(C)C)C(O)/C=C/CC/C=C/CC/C=C/CCCCCCCCCCCCCC. The highest BCUT2D eigenvalue weighted by molar-refractivity contribution is 7.45. The number of rotatable bonds is 62. The predicted molar refractivity (Wildman–Crippen MR) is 362 cm³/mol. The van der Waals surface area contributed by atoms with Crippen LogP contribution in [0.25, 0.3) is 0 Å². The Morgan fingerprint density at radius 2 is 0.747 bits per heavy atom. The lowest BCUT2D eigenvalue weighted by atomic mass is 10.0. The summed E-state index contributed by atoms with van der Waals surface area (Å²) in [7, 11) is 1.23. The maximum absolute atomic E-state index is 13.0. The van der Waals surface area contributed by atoms with Gasteiger partial charge >= 0.3 is 0 Å². The van der Waals surface area contributed by atoms with Crippen molar-refractivity contribution in [1.82, 2.24) is 5.32 Å². The number of phosphoric acid groups is 1. The quantitative estimate of drug-likeness (QED) is 0.0272. The van der Waals surface area contributed by atoms with E-state index in [0.29, 0.717) is 17.4 Å². The smallest absolute Gasteiger partial charge is 0.268 e. The molecule has 0 aromatic heterocycles. The number of hydrogen-bond acceptors (Lipinski definition) is 6. The second-order valence-electron chi connectivity index (χ2n) is 24.1. The van der Waals surface area contributed by atoms with Crippen LogP contribution >= 0.6 is 7.82 Å². The third-order valence-electron chi connectivity index (χ3n) is 14.9. The second-order valence-corrected chi connectivity index (χ2v) is 25.5. The standard InChI is InChI=1S/C74H131N2O6P/c1-6-8-10-12-14-16-18-20-22-24-26-28-30-31-32-33-34-35-36-37-38-39-40-41-42-43-44-45-46-48-50-52-54-56-58-60-62-64-66-68-74(78)75-72(71-82-83(79,80)81-70-69-76(3,4)5)73(77)67-65-63-61-59-57-55-53-51-49-47-29-27-25-23-21-19-17-15-13-11-9-7-2/h8,10,14,16,20,22,26,28,31-32,34-35,37-38,49,51,57,59,65,67,72-73,77H,6-7,9,11-13,15,17-19,21,23-25,27,29-30,33,36,39-48,50,52-56,58,60-64,66,68-71H2,1-5H3,(H-,75,78,79,80)/b10-8-,16-14-,22-20-,28-26-,32-31-,35-34-,38-37-,51-49+,59-57+,67-65+. The molecule has 83 heavy (non-hydrogen) atoms. The van der Waals surface area contributed by atoms with Gasteiger partial charge < -0.3 is 28.8 Å². The first-order valence-electron chi connectivity index (χ1n) is 34.4. The zero-order valence-electron chi connectivity index (χ0n) is 54.6. The van der Waals surface area contributed by atoms with E-state index in [-0.39, 0.29) is 12.5 Å². The highest BCUT2D eigenvalue weighted by Gasteiger charge is 2.23. The molecule has 0 spiro atoms. The number of nitrogens with zero attached hydrogens (tertiary/aromatic N) is 1. The number of amides is 1. The van der Waals surface area contributed by atoms with Crippen molar-refractivity contribution in [2.45, 2.75) is 302 Å². The van der Waals surface area contributed by atoms with E-state index >= 15 is 0 Å². The van der Waals surface area contributed by atoms with Gasteiger partial charge in [0.05, 0.1) is 39.9 Å². The van der Waals surface area contributed by atoms with E-state index in [2.05, 4.69) is 129 Å². The molecule has 0 radical (unpaired) electrons. The molecule has 1 amide bonds. The van der Waals surface area contributed by atoms with Crippen molar-refractivity contribution in [2.75, 3.05) is 40.9 Å². The third-order valence-corrected chi connectivity index (χ3v) is 15.8. The van der Waals surface area contributed by atoms with Crippen molar-refractivity contribution in [3.8, 4) is 0 Å². The summed E-state index contributed by atoms with van der Waals surface area (Å²) in [5.74, 6) is -0.212. The largest absolute Gasteiger partial charge is 0.756 e. The van der Waals surface area contributed by atoms with Crippen molar-refractivity contribution in [3.63, 3.8) is 0 Å². The van der Waals surface area contributed by atoms with Gasteiger partial charge in [0, 0.05) is 6.42 Å². The summed E-state index contributed by atoms with van der Waals surface area (Å²) in [5, 5.41) is 13.9. The Bertz CT molecular complexity index is 1770. The van der Waals surface area contributed by atoms with Gasteiger partial charge in [-0.05, 0) is 103 Å². The average Bonchev–Trinajstić information content (AvgIpc) is 3.50. The third kappa shape index (κ3) is 66.3. The Hall–Kier alpha value is -3.10. The van der Waals surface area contributed by atoms with Crippen LogP contribution in [0.5, 0.6) is 0 Å². The van der Waals surface area contributed by atoms with E-state index in [4.69, 9.17) is 9.05 Å². The van der Waals surface area contributed by atoms with Crippen molar-refractivity contribution in [3.05, 3.63) is 122 Å². The van der Waals surface area contributed by atoms with Crippen molar-refractivity contribution in [2.24, 2.45) is 0 Å². The Kier molecular flexibility index (Phi) is 61.0. The molecule has 3 unspecified atom stereocenters. The minimum Gasteiger partial charge on any atom is -0.756 e. The van der Waals surface area contributed by atoms with Gasteiger partial charge in [-0.15, -0.1) is 0 Å². The molecule has 0 aliphatic rings. The minimum absolute atomic E-state index is 0.0125. The van der Waals surface area contributed by atoms with E-state index in [0.717, 1.165) is 89.9 Å². The fourth-order valence-corrected chi connectivity index (χ4v) is 10.3. The van der Waals surface area contributed by atoms with Gasteiger partial charge in [-0.2, -0.15) is 0 Å². The fourth-order valence-electron chi connectivity index (χ4n) is 9.58. The van der Waals surface area contributed by atoms with Crippen LogP contribution in [-0.4, -0.2) is 68.5 Å². The van der Waals surface area contributed by atoms with Gasteiger partial charge in [-0.1, -0.05) is 302 Å². The molecule has 0 rings (SSSR count). The number of hydrogen-bond donors (Lipinski definition) is 2. The molecule has 0 saturated heterocycles. The molecule has 9 heteroatoms. The minimum atomic E-state index is -4.62. The van der Waals surface area contributed by atoms with Gasteiger partial charge in [-0.25, -0.2) is 0 Å². The number of quaternary nitrogens is 1. The monoisotopic (exact) mass is 1170 g/mol. The Balaban J connectivity index is 4.09. The molecule has 0 aromatic rings. The van der Waals surface area contributed by atoms with Crippen LogP contribution in [0, 0.1) is 0 Å². The number of unbranched alkanes of at least 4 members (excludes halogenated alkanes) is 31. The molecule has 0 aliphatic heterocycles. The highest BCUT2D eigenvalue weighted by atomic mass is 31.2. The molecule has 0 aliphatic carbocycles. The Morgan fingerprint density at radius 1 is 0.434 bits per heavy atom. The lowest BCUT2D eigenvalue weighted by Crippen LogP contribution is -2.45. The molecule has 0 aromatic carbocycles. The van der Waals surface area contributed by atoms with Crippen molar-refractivity contribution < 1.29 is 32.9 Å². The van der Waals surface area contributed by atoms with Crippen LogP contribution in [0.3, 0.4) is 0 Å². The van der Waals surface area contributed by atoms with E-state index in [1.54, 1.807) is 6.08 Å². The van der Waals surface area contributed by atoms with Crippen LogP contribution in [0.15, 0.2) is 122 Å². The lowest BCUT2D eigenvalue weighted by molar-refractivity contribution is -0.870. The normalized spacial score (nSPS) is 14.4. The summed E-state index contributed by atoms with van der Waals surface area (Å²) in [4.78, 5) is 25.6. The Morgan fingerprint density at radius 3 is 1.12 bits per heavy atom. The number of phosphoric ester groups is 1. The van der Waals surface area contributed by atoms with Gasteiger partial charge in [0.2, 0.25) is 5.91 Å². The zero-order chi connectivity index (χ0) is 60.5. The molecule has 2 N–H and O–H groups in total.